The van der Waals surface area contributed by atoms with Gasteiger partial charge in [0.25, 0.3) is 5.91 Å². The molecule has 1 fully saturated rings. The molecule has 0 radical (unpaired) electrons. The van der Waals surface area contributed by atoms with Crippen LogP contribution in [0.3, 0.4) is 0 Å². The zero-order valence-corrected chi connectivity index (χ0v) is 13.4. The van der Waals surface area contributed by atoms with Crippen molar-refractivity contribution in [3.05, 3.63) is 71.3 Å². The quantitative estimate of drug-likeness (QED) is 0.817. The Hall–Kier alpha value is -1.88. The maximum absolute atomic E-state index is 13.3. The largest absolute Gasteiger partial charge is 0.338 e. The Balaban J connectivity index is 1.70. The van der Waals surface area contributed by atoms with Gasteiger partial charge in [0, 0.05) is 29.7 Å². The smallest absolute Gasteiger partial charge is 0.253 e. The van der Waals surface area contributed by atoms with E-state index in [1.807, 2.05) is 30.0 Å². The van der Waals surface area contributed by atoms with Gasteiger partial charge >= 0.3 is 0 Å². The lowest BCUT2D eigenvalue weighted by molar-refractivity contribution is 0.0766. The molecule has 1 aliphatic rings. The van der Waals surface area contributed by atoms with Crippen LogP contribution in [0.1, 0.15) is 27.6 Å². The van der Waals surface area contributed by atoms with E-state index in [1.165, 1.54) is 11.6 Å². The molecule has 1 saturated heterocycles. The van der Waals surface area contributed by atoms with Crippen molar-refractivity contribution >= 4 is 17.7 Å². The molecule has 1 heterocycles. The van der Waals surface area contributed by atoms with Crippen LogP contribution in [-0.2, 0) is 0 Å². The van der Waals surface area contributed by atoms with Gasteiger partial charge in [-0.2, -0.15) is 11.8 Å². The molecular weight excluding hydrogens is 316 g/mol. The minimum atomic E-state index is -0.984. The molecule has 2 aromatic rings. The molecule has 0 unspecified atom stereocenters. The molecule has 120 valence electrons. The van der Waals surface area contributed by atoms with Crippen LogP contribution in [0.2, 0.25) is 0 Å². The van der Waals surface area contributed by atoms with Crippen LogP contribution < -0.4 is 0 Å². The molecular formula is C18H17F2NOS. The summed E-state index contributed by atoms with van der Waals surface area (Å²) in [6.45, 7) is 1.23. The molecule has 1 amide bonds. The predicted octanol–water partition coefficient (Wildman–Crippen LogP) is 4.29. The van der Waals surface area contributed by atoms with Crippen LogP contribution in [0.25, 0.3) is 0 Å². The number of benzene rings is 2. The maximum atomic E-state index is 13.3. The lowest BCUT2D eigenvalue weighted by Gasteiger charge is -2.20. The van der Waals surface area contributed by atoms with E-state index in [4.69, 9.17) is 0 Å². The molecule has 3 rings (SSSR count). The van der Waals surface area contributed by atoms with Gasteiger partial charge < -0.3 is 4.90 Å². The molecule has 1 aliphatic heterocycles. The summed E-state index contributed by atoms with van der Waals surface area (Å²) < 4.78 is 26.3. The fraction of sp³-hybridized carbons (Fsp3) is 0.278. The zero-order valence-electron chi connectivity index (χ0n) is 12.5. The van der Waals surface area contributed by atoms with Crippen molar-refractivity contribution in [2.75, 3.05) is 18.8 Å². The number of carbonyl (C=O) groups is 1. The van der Waals surface area contributed by atoms with E-state index in [0.717, 1.165) is 24.3 Å². The Morgan fingerprint density at radius 1 is 1.04 bits per heavy atom. The monoisotopic (exact) mass is 333 g/mol. The molecule has 23 heavy (non-hydrogen) atoms. The molecule has 0 aromatic heterocycles. The van der Waals surface area contributed by atoms with E-state index in [1.54, 1.807) is 4.90 Å². The zero-order chi connectivity index (χ0) is 16.2. The molecule has 0 saturated carbocycles. The number of carbonyl (C=O) groups excluding carboxylic acids is 1. The van der Waals surface area contributed by atoms with Crippen molar-refractivity contribution in [1.82, 2.24) is 4.90 Å². The van der Waals surface area contributed by atoms with Crippen molar-refractivity contribution in [2.45, 2.75) is 11.7 Å². The predicted molar refractivity (Wildman–Crippen MR) is 88.5 cm³/mol. The van der Waals surface area contributed by atoms with Crippen LogP contribution in [0, 0.1) is 11.6 Å². The first-order chi connectivity index (χ1) is 11.1. The van der Waals surface area contributed by atoms with Crippen molar-refractivity contribution in [2.24, 2.45) is 0 Å². The first kappa shape index (κ1) is 16.0. The molecule has 0 bridgehead atoms. The van der Waals surface area contributed by atoms with Gasteiger partial charge in [0.2, 0.25) is 0 Å². The van der Waals surface area contributed by atoms with Crippen molar-refractivity contribution in [3.8, 4) is 0 Å². The molecule has 2 aromatic carbocycles. The second-order valence-electron chi connectivity index (χ2n) is 5.48. The Bertz CT molecular complexity index is 693. The van der Waals surface area contributed by atoms with E-state index < -0.39 is 11.6 Å². The van der Waals surface area contributed by atoms with E-state index in [9.17, 15) is 13.6 Å². The fourth-order valence-corrected chi connectivity index (χ4v) is 3.95. The van der Waals surface area contributed by atoms with E-state index in [0.29, 0.717) is 18.3 Å². The van der Waals surface area contributed by atoms with Gasteiger partial charge in [0.1, 0.15) is 0 Å². The average molecular weight is 333 g/mol. The van der Waals surface area contributed by atoms with Gasteiger partial charge in [-0.1, -0.05) is 30.3 Å². The van der Waals surface area contributed by atoms with Crippen LogP contribution in [0.4, 0.5) is 8.78 Å². The highest BCUT2D eigenvalue weighted by molar-refractivity contribution is 7.99. The highest BCUT2D eigenvalue weighted by atomic mass is 32.2. The summed E-state index contributed by atoms with van der Waals surface area (Å²) in [5.74, 6) is -1.33. The highest BCUT2D eigenvalue weighted by Crippen LogP contribution is 2.34. The summed E-state index contributed by atoms with van der Waals surface area (Å²) in [6, 6.07) is 13.6. The third-order valence-corrected chi connectivity index (χ3v) is 5.30. The van der Waals surface area contributed by atoms with Gasteiger partial charge in [-0.3, -0.25) is 4.79 Å². The Morgan fingerprint density at radius 3 is 2.57 bits per heavy atom. The van der Waals surface area contributed by atoms with Crippen molar-refractivity contribution in [1.29, 1.82) is 0 Å². The molecule has 0 spiro atoms. The molecule has 0 aliphatic carbocycles. The van der Waals surface area contributed by atoms with Crippen molar-refractivity contribution < 1.29 is 13.6 Å². The molecule has 2 nitrogen and oxygen atoms in total. The van der Waals surface area contributed by atoms with Crippen LogP contribution >= 0.6 is 11.8 Å². The maximum Gasteiger partial charge on any atom is 0.253 e. The Morgan fingerprint density at radius 2 is 1.83 bits per heavy atom. The van der Waals surface area contributed by atoms with E-state index in [2.05, 4.69) is 12.1 Å². The van der Waals surface area contributed by atoms with Crippen molar-refractivity contribution in [3.63, 3.8) is 0 Å². The molecule has 1 atom stereocenters. The first-order valence-electron chi connectivity index (χ1n) is 7.56. The van der Waals surface area contributed by atoms with Crippen LogP contribution in [0.5, 0.6) is 0 Å². The number of halogens is 2. The van der Waals surface area contributed by atoms with Crippen LogP contribution in [0.15, 0.2) is 48.5 Å². The standard InChI is InChI=1S/C18H17F2NOS/c19-15-7-6-14(12-16(15)20)18(22)21-9-8-17(23-11-10-21)13-4-2-1-3-5-13/h1-7,12,17H,8-11H2/t17-/m0/s1. The Kier molecular flexibility index (Phi) is 4.96. The Labute approximate surface area is 138 Å². The van der Waals surface area contributed by atoms with Gasteiger partial charge in [0.15, 0.2) is 11.6 Å². The summed E-state index contributed by atoms with van der Waals surface area (Å²) in [7, 11) is 0. The number of nitrogens with zero attached hydrogens (tertiary/aromatic N) is 1. The topological polar surface area (TPSA) is 20.3 Å². The summed E-state index contributed by atoms with van der Waals surface area (Å²) in [4.78, 5) is 14.2. The molecule has 5 heteroatoms. The van der Waals surface area contributed by atoms with E-state index >= 15 is 0 Å². The average Bonchev–Trinajstić information content (AvgIpc) is 2.83. The lowest BCUT2D eigenvalue weighted by Crippen LogP contribution is -2.33. The summed E-state index contributed by atoms with van der Waals surface area (Å²) in [5.41, 5.74) is 1.46. The first-order valence-corrected chi connectivity index (χ1v) is 8.61. The van der Waals surface area contributed by atoms with E-state index in [-0.39, 0.29) is 11.5 Å². The normalized spacial score (nSPS) is 18.5. The summed E-state index contributed by atoms with van der Waals surface area (Å²) in [6.07, 6.45) is 0.851. The third-order valence-electron chi connectivity index (χ3n) is 3.97. The summed E-state index contributed by atoms with van der Waals surface area (Å²) >= 11 is 1.83. The lowest BCUT2D eigenvalue weighted by atomic mass is 10.1. The van der Waals surface area contributed by atoms with Gasteiger partial charge in [-0.15, -0.1) is 0 Å². The minimum Gasteiger partial charge on any atom is -0.338 e. The fourth-order valence-electron chi connectivity index (χ4n) is 2.72. The minimum absolute atomic E-state index is 0.201. The SMILES string of the molecule is O=C(c1ccc(F)c(F)c1)N1CCS[C@H](c2ccccc2)CC1. The van der Waals surface area contributed by atoms with Crippen LogP contribution in [-0.4, -0.2) is 29.6 Å². The number of thioether (sulfide) groups is 1. The molecule has 0 N–H and O–H groups in total. The number of rotatable bonds is 2. The second kappa shape index (κ2) is 7.13. The number of hydrogen-bond acceptors (Lipinski definition) is 2. The third kappa shape index (κ3) is 3.72. The number of hydrogen-bond donors (Lipinski definition) is 0. The van der Waals surface area contributed by atoms with Gasteiger partial charge in [-0.25, -0.2) is 8.78 Å². The van der Waals surface area contributed by atoms with Gasteiger partial charge in [0.05, 0.1) is 0 Å². The second-order valence-corrected chi connectivity index (χ2v) is 6.79. The highest BCUT2D eigenvalue weighted by Gasteiger charge is 2.23. The van der Waals surface area contributed by atoms with Gasteiger partial charge in [-0.05, 0) is 30.2 Å². The summed E-state index contributed by atoms with van der Waals surface area (Å²) in [5, 5.41) is 0.360. The number of amides is 1.